The van der Waals surface area contributed by atoms with Crippen molar-refractivity contribution in [2.24, 2.45) is 0 Å². The van der Waals surface area contributed by atoms with Gasteiger partial charge in [0.25, 0.3) is 5.69 Å². The zero-order chi connectivity index (χ0) is 20.9. The predicted octanol–water partition coefficient (Wildman–Crippen LogP) is 3.03. The lowest BCUT2D eigenvalue weighted by Gasteiger charge is -2.31. The Hall–Kier alpha value is -3.52. The van der Waals surface area contributed by atoms with Gasteiger partial charge in [-0.3, -0.25) is 19.9 Å². The highest BCUT2D eigenvalue weighted by atomic mass is 16.6. The second kappa shape index (κ2) is 8.87. The van der Waals surface area contributed by atoms with Crippen molar-refractivity contribution < 1.29 is 14.5 Å². The molecule has 0 bridgehead atoms. The van der Waals surface area contributed by atoms with Crippen LogP contribution in [-0.4, -0.2) is 53.1 Å². The monoisotopic (exact) mass is 406 g/mol. The first-order valence-corrected chi connectivity index (χ1v) is 9.81. The summed E-state index contributed by atoms with van der Waals surface area (Å²) in [4.78, 5) is 30.1. The summed E-state index contributed by atoms with van der Waals surface area (Å²) in [5.41, 5.74) is 1.69. The molecule has 1 aliphatic rings. The second-order valence-corrected chi connectivity index (χ2v) is 7.13. The molecule has 8 nitrogen and oxygen atoms in total. The Balaban J connectivity index is 1.68. The van der Waals surface area contributed by atoms with Crippen LogP contribution in [0.3, 0.4) is 0 Å². The number of carbonyl (C=O) groups is 1. The van der Waals surface area contributed by atoms with E-state index in [1.54, 1.807) is 23.2 Å². The molecule has 1 unspecified atom stereocenters. The topological polar surface area (TPSA) is 97.6 Å². The smallest absolute Gasteiger partial charge is 0.278 e. The maximum absolute atomic E-state index is 13.3. The van der Waals surface area contributed by atoms with E-state index in [2.05, 4.69) is 10.3 Å². The van der Waals surface area contributed by atoms with E-state index < -0.39 is 11.0 Å². The third-order valence-electron chi connectivity index (χ3n) is 5.23. The summed E-state index contributed by atoms with van der Waals surface area (Å²) in [5.74, 6) is -0.0114. The molecule has 2 heterocycles. The number of hydrogen-bond donors (Lipinski definition) is 1. The zero-order valence-corrected chi connectivity index (χ0v) is 16.4. The Morgan fingerprint density at radius 3 is 2.63 bits per heavy atom. The molecular weight excluding hydrogens is 384 g/mol. The van der Waals surface area contributed by atoms with Crippen molar-refractivity contribution in [3.05, 3.63) is 76.6 Å². The Kier molecular flexibility index (Phi) is 5.85. The first-order valence-electron chi connectivity index (χ1n) is 9.81. The highest BCUT2D eigenvalue weighted by molar-refractivity contribution is 6.00. The quantitative estimate of drug-likeness (QED) is 0.499. The average Bonchev–Trinajstić information content (AvgIpc) is 2.79. The van der Waals surface area contributed by atoms with Crippen LogP contribution in [0.5, 0.6) is 0 Å². The molecule has 1 aliphatic heterocycles. The van der Waals surface area contributed by atoms with Gasteiger partial charge in [-0.1, -0.05) is 30.3 Å². The number of pyridine rings is 1. The van der Waals surface area contributed by atoms with Gasteiger partial charge in [0, 0.05) is 49.0 Å². The highest BCUT2D eigenvalue weighted by Gasteiger charge is 2.27. The molecule has 0 aliphatic carbocycles. The summed E-state index contributed by atoms with van der Waals surface area (Å²) in [7, 11) is 0. The minimum absolute atomic E-state index is 0.0113. The predicted molar refractivity (Wildman–Crippen MR) is 113 cm³/mol. The number of rotatable bonds is 6. The van der Waals surface area contributed by atoms with Gasteiger partial charge in [0.1, 0.15) is 6.04 Å². The molecule has 0 saturated carbocycles. The number of nitrogens with zero attached hydrogens (tertiary/aromatic N) is 3. The second-order valence-electron chi connectivity index (χ2n) is 7.13. The number of carbonyl (C=O) groups excluding carboxylic acids is 1. The molecule has 1 fully saturated rings. The molecule has 1 saturated heterocycles. The van der Waals surface area contributed by atoms with Gasteiger partial charge in [-0.05, 0) is 17.7 Å². The van der Waals surface area contributed by atoms with Crippen LogP contribution < -0.4 is 5.32 Å². The van der Waals surface area contributed by atoms with Crippen molar-refractivity contribution in [2.45, 2.75) is 12.5 Å². The molecule has 2 aromatic carbocycles. The lowest BCUT2D eigenvalue weighted by Crippen LogP contribution is -2.48. The van der Waals surface area contributed by atoms with Gasteiger partial charge in [0.05, 0.1) is 23.5 Å². The number of benzene rings is 2. The fraction of sp³-hybridized carbons (Fsp3) is 0.273. The fourth-order valence-corrected chi connectivity index (χ4v) is 3.70. The Morgan fingerprint density at radius 2 is 1.90 bits per heavy atom. The molecule has 0 spiro atoms. The number of fused-ring (bicyclic) bond motifs is 1. The maximum Gasteiger partial charge on any atom is 0.278 e. The van der Waals surface area contributed by atoms with E-state index >= 15 is 0 Å². The third-order valence-corrected chi connectivity index (χ3v) is 5.23. The van der Waals surface area contributed by atoms with Gasteiger partial charge in [-0.2, -0.15) is 0 Å². The van der Waals surface area contributed by atoms with Gasteiger partial charge in [0.2, 0.25) is 5.91 Å². The van der Waals surface area contributed by atoms with Crippen LogP contribution >= 0.6 is 0 Å². The number of hydrogen-bond acceptors (Lipinski definition) is 6. The van der Waals surface area contributed by atoms with Gasteiger partial charge in [-0.15, -0.1) is 0 Å². The van der Waals surface area contributed by atoms with Crippen molar-refractivity contribution in [3.8, 4) is 0 Å². The standard InChI is InChI=1S/C22H22N4O4/c27-22(25-10-12-30-13-11-25)20(14-16-4-2-1-3-5-16)24-19-6-7-21(26(28)29)18-15-23-9-8-17(18)19/h1-9,15,20,24H,10-14H2. The Morgan fingerprint density at radius 1 is 1.13 bits per heavy atom. The van der Waals surface area contributed by atoms with Crippen molar-refractivity contribution in [1.82, 2.24) is 9.88 Å². The number of nitro benzene ring substituents is 1. The first-order chi connectivity index (χ1) is 14.6. The van der Waals surface area contributed by atoms with Crippen LogP contribution in [0.1, 0.15) is 5.56 Å². The molecule has 4 rings (SSSR count). The third kappa shape index (κ3) is 4.23. The summed E-state index contributed by atoms with van der Waals surface area (Å²) in [6.07, 6.45) is 3.57. The van der Waals surface area contributed by atoms with Gasteiger partial charge in [0.15, 0.2) is 0 Å². The van der Waals surface area contributed by atoms with E-state index in [1.807, 2.05) is 30.3 Å². The number of aromatic nitrogens is 1. The number of morpholine rings is 1. The number of nitrogens with one attached hydrogen (secondary N) is 1. The van der Waals surface area contributed by atoms with Crippen LogP contribution in [0, 0.1) is 10.1 Å². The molecule has 30 heavy (non-hydrogen) atoms. The lowest BCUT2D eigenvalue weighted by molar-refractivity contribution is -0.383. The molecule has 3 aromatic rings. The molecule has 154 valence electrons. The van der Waals surface area contributed by atoms with Crippen LogP contribution in [0.4, 0.5) is 11.4 Å². The maximum atomic E-state index is 13.3. The lowest BCUT2D eigenvalue weighted by atomic mass is 10.0. The highest BCUT2D eigenvalue weighted by Crippen LogP contribution is 2.31. The SMILES string of the molecule is O=C(C(Cc1ccccc1)Nc1ccc([N+](=O)[O-])c2cnccc12)N1CCOCC1. The number of non-ortho nitro benzene ring substituents is 1. The molecule has 1 atom stereocenters. The normalized spacial score (nSPS) is 15.0. The van der Waals surface area contributed by atoms with Crippen LogP contribution in [0.15, 0.2) is 60.9 Å². The molecule has 1 amide bonds. The van der Waals surface area contributed by atoms with E-state index in [0.29, 0.717) is 49.2 Å². The van der Waals surface area contributed by atoms with Gasteiger partial charge < -0.3 is 15.0 Å². The summed E-state index contributed by atoms with van der Waals surface area (Å²) < 4.78 is 5.37. The minimum atomic E-state index is -0.511. The molecule has 1 aromatic heterocycles. The van der Waals surface area contributed by atoms with Gasteiger partial charge >= 0.3 is 0 Å². The molecule has 1 N–H and O–H groups in total. The molecule has 8 heteroatoms. The molecule has 0 radical (unpaired) electrons. The van der Waals surface area contributed by atoms with Gasteiger partial charge in [-0.25, -0.2) is 0 Å². The van der Waals surface area contributed by atoms with E-state index in [4.69, 9.17) is 4.74 Å². The zero-order valence-electron chi connectivity index (χ0n) is 16.4. The Labute approximate surface area is 173 Å². The van der Waals surface area contributed by atoms with Crippen LogP contribution in [0.2, 0.25) is 0 Å². The fourth-order valence-electron chi connectivity index (χ4n) is 3.70. The van der Waals surface area contributed by atoms with Crippen molar-refractivity contribution in [3.63, 3.8) is 0 Å². The van der Waals surface area contributed by atoms with Crippen molar-refractivity contribution in [1.29, 1.82) is 0 Å². The van der Waals surface area contributed by atoms with Crippen LogP contribution in [-0.2, 0) is 16.0 Å². The summed E-state index contributed by atoms with van der Waals surface area (Å²) in [6.45, 7) is 2.15. The summed E-state index contributed by atoms with van der Waals surface area (Å²) in [5, 5.41) is 15.8. The van der Waals surface area contributed by atoms with E-state index in [9.17, 15) is 14.9 Å². The van der Waals surface area contributed by atoms with Crippen molar-refractivity contribution >= 4 is 28.1 Å². The van der Waals surface area contributed by atoms with E-state index in [-0.39, 0.29) is 11.6 Å². The average molecular weight is 406 g/mol. The number of amides is 1. The number of ether oxygens (including phenoxy) is 1. The molecular formula is C22H22N4O4. The van der Waals surface area contributed by atoms with E-state index in [0.717, 1.165) is 5.56 Å². The minimum Gasteiger partial charge on any atom is -0.378 e. The van der Waals surface area contributed by atoms with Crippen LogP contribution in [0.25, 0.3) is 10.8 Å². The Bertz CT molecular complexity index is 1050. The number of anilines is 1. The largest absolute Gasteiger partial charge is 0.378 e. The van der Waals surface area contributed by atoms with E-state index in [1.165, 1.54) is 12.3 Å². The van der Waals surface area contributed by atoms with Crippen molar-refractivity contribution in [2.75, 3.05) is 31.6 Å². The summed E-state index contributed by atoms with van der Waals surface area (Å²) >= 11 is 0. The first kappa shape index (κ1) is 19.8. The number of nitro groups is 1. The summed E-state index contributed by atoms with van der Waals surface area (Å²) in [6, 6.07) is 14.1.